The molecule has 0 aliphatic rings. The first kappa shape index (κ1) is 13.0. The molecule has 0 spiro atoms. The van der Waals surface area contributed by atoms with Crippen LogP contribution in [0.5, 0.6) is 0 Å². The average Bonchev–Trinajstić information content (AvgIpc) is 2.85. The van der Waals surface area contributed by atoms with Gasteiger partial charge in [-0.3, -0.25) is 4.79 Å². The lowest BCUT2D eigenvalue weighted by Gasteiger charge is -2.13. The van der Waals surface area contributed by atoms with Crippen LogP contribution >= 0.6 is 11.3 Å². The highest BCUT2D eigenvalue weighted by Gasteiger charge is 2.17. The van der Waals surface area contributed by atoms with Gasteiger partial charge in [0.1, 0.15) is 0 Å². The number of aryl methyl sites for hydroxylation is 1. The van der Waals surface area contributed by atoms with E-state index in [4.69, 9.17) is 5.73 Å². The van der Waals surface area contributed by atoms with E-state index in [0.717, 1.165) is 10.6 Å². The molecule has 2 rings (SSSR count). The summed E-state index contributed by atoms with van der Waals surface area (Å²) in [7, 11) is 1.67. The number of rotatable bonds is 3. The monoisotopic (exact) mass is 263 g/mol. The van der Waals surface area contributed by atoms with Crippen LogP contribution in [-0.2, 0) is 7.05 Å². The molecule has 2 aromatic rings. The molecule has 0 aliphatic heterocycles. The standard InChI is InChI=1S/C13H17N3OS/c1-8(2)10-7-9(13(17)16(3)15-10)12(14)11-5-4-6-18-11/h4-8,12H,14H2,1-3H3. The van der Waals surface area contributed by atoms with Crippen molar-refractivity contribution in [1.82, 2.24) is 9.78 Å². The molecule has 0 amide bonds. The van der Waals surface area contributed by atoms with Crippen LogP contribution in [0.1, 0.15) is 41.9 Å². The van der Waals surface area contributed by atoms with Crippen LogP contribution in [-0.4, -0.2) is 9.78 Å². The lowest BCUT2D eigenvalue weighted by Crippen LogP contribution is -2.29. The summed E-state index contributed by atoms with van der Waals surface area (Å²) in [4.78, 5) is 13.1. The molecular formula is C13H17N3OS. The molecule has 2 aromatic heterocycles. The summed E-state index contributed by atoms with van der Waals surface area (Å²) in [5.41, 5.74) is 7.54. The fourth-order valence-electron chi connectivity index (χ4n) is 1.78. The molecule has 2 N–H and O–H groups in total. The molecule has 0 saturated heterocycles. The number of nitrogens with zero attached hydrogens (tertiary/aromatic N) is 2. The maximum atomic E-state index is 12.1. The van der Waals surface area contributed by atoms with Gasteiger partial charge in [-0.05, 0) is 23.4 Å². The lowest BCUT2D eigenvalue weighted by molar-refractivity contribution is 0.634. The Kier molecular flexibility index (Phi) is 3.63. The van der Waals surface area contributed by atoms with Gasteiger partial charge in [-0.2, -0.15) is 5.10 Å². The SMILES string of the molecule is CC(C)c1cc(C(N)c2cccs2)c(=O)n(C)n1. The molecule has 0 saturated carbocycles. The van der Waals surface area contributed by atoms with Gasteiger partial charge in [-0.25, -0.2) is 4.68 Å². The van der Waals surface area contributed by atoms with Gasteiger partial charge in [0.05, 0.1) is 11.7 Å². The van der Waals surface area contributed by atoms with Gasteiger partial charge in [0.25, 0.3) is 5.56 Å². The number of nitrogens with two attached hydrogens (primary N) is 1. The maximum absolute atomic E-state index is 12.1. The van der Waals surface area contributed by atoms with Crippen molar-refractivity contribution in [3.05, 3.63) is 50.1 Å². The second kappa shape index (κ2) is 5.04. The summed E-state index contributed by atoms with van der Waals surface area (Å²) in [6, 6.07) is 5.35. The molecule has 1 atom stereocenters. The minimum atomic E-state index is -0.371. The largest absolute Gasteiger partial charge is 0.319 e. The van der Waals surface area contributed by atoms with Crippen LogP contribution in [0, 0.1) is 0 Å². The highest BCUT2D eigenvalue weighted by atomic mass is 32.1. The summed E-state index contributed by atoms with van der Waals surface area (Å²) in [6.45, 7) is 4.10. The van der Waals surface area contributed by atoms with Gasteiger partial charge in [0, 0.05) is 17.5 Å². The van der Waals surface area contributed by atoms with Crippen molar-refractivity contribution in [2.45, 2.75) is 25.8 Å². The van der Waals surface area contributed by atoms with E-state index in [1.54, 1.807) is 18.4 Å². The highest BCUT2D eigenvalue weighted by molar-refractivity contribution is 7.10. The van der Waals surface area contributed by atoms with E-state index < -0.39 is 0 Å². The molecule has 0 aromatic carbocycles. The third kappa shape index (κ3) is 2.37. The minimum absolute atomic E-state index is 0.125. The molecule has 0 fully saturated rings. The normalized spacial score (nSPS) is 12.9. The van der Waals surface area contributed by atoms with Crippen molar-refractivity contribution in [1.29, 1.82) is 0 Å². The Bertz CT molecular complexity index is 587. The van der Waals surface area contributed by atoms with Crippen molar-refractivity contribution in [3.63, 3.8) is 0 Å². The number of aromatic nitrogens is 2. The second-order valence-corrected chi connectivity index (χ2v) is 5.58. The number of hydrogen-bond acceptors (Lipinski definition) is 4. The maximum Gasteiger partial charge on any atom is 0.271 e. The van der Waals surface area contributed by atoms with Crippen molar-refractivity contribution in [2.24, 2.45) is 12.8 Å². The van der Waals surface area contributed by atoms with Crippen molar-refractivity contribution < 1.29 is 0 Å². The Morgan fingerprint density at radius 2 is 2.17 bits per heavy atom. The Balaban J connectivity index is 2.53. The topological polar surface area (TPSA) is 60.9 Å². The van der Waals surface area contributed by atoms with E-state index >= 15 is 0 Å². The zero-order valence-corrected chi connectivity index (χ0v) is 11.6. The highest BCUT2D eigenvalue weighted by Crippen LogP contribution is 2.23. The molecule has 1 unspecified atom stereocenters. The molecule has 5 heteroatoms. The van der Waals surface area contributed by atoms with E-state index in [-0.39, 0.29) is 17.5 Å². The third-order valence-corrected chi connectivity index (χ3v) is 3.84. The Hall–Kier alpha value is -1.46. The Morgan fingerprint density at radius 3 is 2.72 bits per heavy atom. The van der Waals surface area contributed by atoms with Gasteiger partial charge in [0.15, 0.2) is 0 Å². The third-order valence-electron chi connectivity index (χ3n) is 2.89. The van der Waals surface area contributed by atoms with Gasteiger partial charge in [-0.15, -0.1) is 11.3 Å². The zero-order chi connectivity index (χ0) is 13.3. The van der Waals surface area contributed by atoms with Crippen LogP contribution in [0.4, 0.5) is 0 Å². The fourth-order valence-corrected chi connectivity index (χ4v) is 2.53. The summed E-state index contributed by atoms with van der Waals surface area (Å²) in [5, 5.41) is 6.21. The summed E-state index contributed by atoms with van der Waals surface area (Å²) < 4.78 is 1.37. The van der Waals surface area contributed by atoms with E-state index in [1.807, 2.05) is 37.4 Å². The van der Waals surface area contributed by atoms with E-state index in [0.29, 0.717) is 5.56 Å². The zero-order valence-electron chi connectivity index (χ0n) is 10.8. The van der Waals surface area contributed by atoms with Crippen molar-refractivity contribution in [2.75, 3.05) is 0 Å². The van der Waals surface area contributed by atoms with Crippen LogP contribution in [0.3, 0.4) is 0 Å². The average molecular weight is 263 g/mol. The van der Waals surface area contributed by atoms with Crippen molar-refractivity contribution >= 4 is 11.3 Å². The first-order valence-electron chi connectivity index (χ1n) is 5.88. The molecule has 0 radical (unpaired) electrons. The molecule has 18 heavy (non-hydrogen) atoms. The van der Waals surface area contributed by atoms with Gasteiger partial charge in [0.2, 0.25) is 0 Å². The van der Waals surface area contributed by atoms with Crippen LogP contribution in [0.15, 0.2) is 28.4 Å². The summed E-state index contributed by atoms with van der Waals surface area (Å²) in [6.07, 6.45) is 0. The van der Waals surface area contributed by atoms with E-state index in [1.165, 1.54) is 4.68 Å². The summed E-state index contributed by atoms with van der Waals surface area (Å²) in [5.74, 6) is 0.270. The second-order valence-electron chi connectivity index (χ2n) is 4.60. The number of thiophene rings is 1. The van der Waals surface area contributed by atoms with E-state index in [9.17, 15) is 4.79 Å². The molecular weight excluding hydrogens is 246 g/mol. The first-order chi connectivity index (χ1) is 8.50. The van der Waals surface area contributed by atoms with Crippen molar-refractivity contribution in [3.8, 4) is 0 Å². The van der Waals surface area contributed by atoms with Gasteiger partial charge >= 0.3 is 0 Å². The predicted octanol–water partition coefficient (Wildman–Crippen LogP) is 2.01. The van der Waals surface area contributed by atoms with E-state index in [2.05, 4.69) is 5.10 Å². The first-order valence-corrected chi connectivity index (χ1v) is 6.75. The van der Waals surface area contributed by atoms with Gasteiger partial charge in [-0.1, -0.05) is 19.9 Å². The minimum Gasteiger partial charge on any atom is -0.319 e. The molecule has 2 heterocycles. The molecule has 0 bridgehead atoms. The molecule has 4 nitrogen and oxygen atoms in total. The van der Waals surface area contributed by atoms with Crippen LogP contribution in [0.25, 0.3) is 0 Å². The summed E-state index contributed by atoms with van der Waals surface area (Å²) >= 11 is 1.56. The lowest BCUT2D eigenvalue weighted by atomic mass is 10.0. The predicted molar refractivity (Wildman–Crippen MR) is 73.9 cm³/mol. The van der Waals surface area contributed by atoms with Crippen LogP contribution in [0.2, 0.25) is 0 Å². The van der Waals surface area contributed by atoms with Crippen LogP contribution < -0.4 is 11.3 Å². The number of hydrogen-bond donors (Lipinski definition) is 1. The van der Waals surface area contributed by atoms with Gasteiger partial charge < -0.3 is 5.73 Å². The quantitative estimate of drug-likeness (QED) is 0.921. The Labute approximate surface area is 110 Å². The molecule has 0 aliphatic carbocycles. The Morgan fingerprint density at radius 1 is 1.44 bits per heavy atom. The smallest absolute Gasteiger partial charge is 0.271 e. The molecule has 96 valence electrons. The fraction of sp³-hybridized carbons (Fsp3) is 0.385.